The molecule has 2 atom stereocenters. The first-order chi connectivity index (χ1) is 8.87. The number of aliphatic hydroxyl groups is 1. The number of carbonyl (C=O) groups is 3. The largest absolute Gasteiger partial charge is 0.479 e. The van der Waals surface area contributed by atoms with Gasteiger partial charge in [-0.3, -0.25) is 4.79 Å². The second kappa shape index (κ2) is 5.79. The summed E-state index contributed by atoms with van der Waals surface area (Å²) in [5.74, 6) is -5.23. The molecule has 0 saturated carbocycles. The van der Waals surface area contributed by atoms with E-state index >= 15 is 0 Å². The molecule has 102 valence electrons. The first-order valence-corrected chi connectivity index (χ1v) is 5.22. The average molecular weight is 289 g/mol. The van der Waals surface area contributed by atoms with Crippen LogP contribution in [-0.4, -0.2) is 44.7 Å². The molecule has 1 aromatic rings. The highest BCUT2D eigenvalue weighted by atomic mass is 35.5. The zero-order valence-electron chi connectivity index (χ0n) is 9.32. The lowest BCUT2D eigenvalue weighted by molar-refractivity contribution is -0.171. The summed E-state index contributed by atoms with van der Waals surface area (Å²) in [5, 5.41) is 27.1. The Morgan fingerprint density at radius 2 is 1.68 bits per heavy atom. The second-order valence-corrected chi connectivity index (χ2v) is 3.71. The molecule has 0 aliphatic carbocycles. The predicted octanol–water partition coefficient (Wildman–Crippen LogP) is 0.309. The highest BCUT2D eigenvalue weighted by Gasteiger charge is 2.58. The molecular weight excluding hydrogens is 280 g/mol. The van der Waals surface area contributed by atoms with Crippen LogP contribution in [0.1, 0.15) is 10.4 Å². The van der Waals surface area contributed by atoms with E-state index in [4.69, 9.17) is 22.1 Å². The number of benzene rings is 1. The van der Waals surface area contributed by atoms with Crippen molar-refractivity contribution in [2.75, 3.05) is 0 Å². The number of aliphatic hydroxyl groups excluding tert-OH is 1. The van der Waals surface area contributed by atoms with E-state index in [9.17, 15) is 19.5 Å². The van der Waals surface area contributed by atoms with Gasteiger partial charge in [0, 0.05) is 5.56 Å². The summed E-state index contributed by atoms with van der Waals surface area (Å²) in [4.78, 5) is 34.0. The molecule has 1 aromatic carbocycles. The summed E-state index contributed by atoms with van der Waals surface area (Å²) in [6, 6.07) is 6.91. The van der Waals surface area contributed by atoms with Crippen LogP contribution < -0.4 is 0 Å². The number of hydrogen-bond donors (Lipinski definition) is 3. The van der Waals surface area contributed by atoms with Crippen LogP contribution in [0.5, 0.6) is 0 Å². The molecule has 0 fully saturated rings. The first kappa shape index (κ1) is 15.1. The highest BCUT2D eigenvalue weighted by Crippen LogP contribution is 2.25. The van der Waals surface area contributed by atoms with Gasteiger partial charge in [-0.05, 0) is 0 Å². The zero-order chi connectivity index (χ0) is 14.6. The van der Waals surface area contributed by atoms with Crippen molar-refractivity contribution in [2.45, 2.75) is 11.7 Å². The van der Waals surface area contributed by atoms with Crippen molar-refractivity contribution in [3.05, 3.63) is 35.9 Å². The quantitative estimate of drug-likeness (QED) is 0.508. The van der Waals surface area contributed by atoms with Gasteiger partial charge in [0.05, 0.1) is 11.9 Å². The van der Waals surface area contributed by atoms with Crippen LogP contribution in [0.15, 0.2) is 30.3 Å². The van der Waals surface area contributed by atoms with Gasteiger partial charge < -0.3 is 15.3 Å². The number of hydrogen-bond acceptors (Lipinski definition) is 5. The number of Topliss-reactive ketones (excluding diaryl/α,β-unsaturated/α-hetero) is 1. The first-order valence-electron chi connectivity index (χ1n) is 4.91. The Bertz CT molecular complexity index is 501. The van der Waals surface area contributed by atoms with Crippen molar-refractivity contribution in [1.29, 1.82) is 0 Å². The summed E-state index contributed by atoms with van der Waals surface area (Å²) in [6.45, 7) is 0. The van der Waals surface area contributed by atoms with Crippen molar-refractivity contribution in [2.24, 2.45) is 0 Å². The third-order valence-electron chi connectivity index (χ3n) is 2.43. The van der Waals surface area contributed by atoms with E-state index in [1.54, 1.807) is 6.07 Å². The molecule has 0 radical (unpaired) electrons. The van der Waals surface area contributed by atoms with Crippen molar-refractivity contribution < 1.29 is 34.0 Å². The van der Waals surface area contributed by atoms with Crippen LogP contribution in [0.3, 0.4) is 0 Å². The maximum atomic E-state index is 12.1. The number of carboxylic acids is 2. The van der Waals surface area contributed by atoms with Crippen molar-refractivity contribution in [3.63, 3.8) is 0 Å². The van der Waals surface area contributed by atoms with Gasteiger partial charge in [-0.1, -0.05) is 30.3 Å². The third kappa shape index (κ3) is 2.58. The molecule has 8 heteroatoms. The normalized spacial score (nSPS) is 15.3. The lowest BCUT2D eigenvalue weighted by atomic mass is 9.87. The monoisotopic (exact) mass is 288 g/mol. The molecule has 0 amide bonds. The van der Waals surface area contributed by atoms with Crippen molar-refractivity contribution in [1.82, 2.24) is 0 Å². The Morgan fingerprint density at radius 1 is 1.16 bits per heavy atom. The van der Waals surface area contributed by atoms with Crippen LogP contribution in [0.4, 0.5) is 0 Å². The van der Waals surface area contributed by atoms with Gasteiger partial charge in [-0.15, -0.1) is 0 Å². The Kier molecular flexibility index (Phi) is 4.60. The van der Waals surface area contributed by atoms with Gasteiger partial charge in [0.25, 0.3) is 5.60 Å². The molecule has 2 unspecified atom stereocenters. The molecule has 1 rings (SSSR count). The standard InChI is InChI=1S/C11H9ClO7/c12-19-11(10(17)18,8(14)9(15)16)7(13)6-4-2-1-3-5-6/h1-5,8,14H,(H,15,16)(H,17,18). The Labute approximate surface area is 112 Å². The summed E-state index contributed by atoms with van der Waals surface area (Å²) in [5.41, 5.74) is -3.28. The molecule has 3 N–H and O–H groups in total. The van der Waals surface area contributed by atoms with Gasteiger partial charge in [-0.2, -0.15) is 0 Å². The number of halogens is 1. The fraction of sp³-hybridized carbons (Fsp3) is 0.182. The fourth-order valence-corrected chi connectivity index (χ4v) is 1.65. The summed E-state index contributed by atoms with van der Waals surface area (Å²) in [7, 11) is 0. The summed E-state index contributed by atoms with van der Waals surface area (Å²) >= 11 is 4.98. The Balaban J connectivity index is 3.36. The minimum Gasteiger partial charge on any atom is -0.479 e. The van der Waals surface area contributed by atoms with E-state index in [0.717, 1.165) is 0 Å². The van der Waals surface area contributed by atoms with Crippen molar-refractivity contribution >= 4 is 29.6 Å². The summed E-state index contributed by atoms with van der Waals surface area (Å²) in [6.07, 6.45) is -2.66. The molecule has 0 aromatic heterocycles. The van der Waals surface area contributed by atoms with E-state index in [-0.39, 0.29) is 5.56 Å². The van der Waals surface area contributed by atoms with Crippen LogP contribution in [0, 0.1) is 0 Å². The Morgan fingerprint density at radius 3 is 2.05 bits per heavy atom. The maximum absolute atomic E-state index is 12.1. The smallest absolute Gasteiger partial charge is 0.349 e. The van der Waals surface area contributed by atoms with E-state index < -0.39 is 29.4 Å². The van der Waals surface area contributed by atoms with Gasteiger partial charge in [0.1, 0.15) is 0 Å². The molecule has 19 heavy (non-hydrogen) atoms. The highest BCUT2D eigenvalue weighted by molar-refractivity contribution is 6.21. The van der Waals surface area contributed by atoms with Gasteiger partial charge in [0.15, 0.2) is 0 Å². The lowest BCUT2D eigenvalue weighted by Gasteiger charge is -2.26. The number of rotatable bonds is 6. The second-order valence-electron chi connectivity index (χ2n) is 3.55. The molecule has 0 saturated heterocycles. The number of carboxylic acid groups (broad SMARTS) is 2. The summed E-state index contributed by atoms with van der Waals surface area (Å²) < 4.78 is 4.03. The maximum Gasteiger partial charge on any atom is 0.349 e. The lowest BCUT2D eigenvalue weighted by Crippen LogP contribution is -2.59. The zero-order valence-corrected chi connectivity index (χ0v) is 10.1. The van der Waals surface area contributed by atoms with Crippen molar-refractivity contribution in [3.8, 4) is 0 Å². The third-order valence-corrected chi connectivity index (χ3v) is 2.68. The molecule has 0 aliphatic heterocycles. The van der Waals surface area contributed by atoms with Gasteiger partial charge in [0.2, 0.25) is 11.9 Å². The van der Waals surface area contributed by atoms with Gasteiger partial charge >= 0.3 is 11.9 Å². The SMILES string of the molecule is O=C(O)C(O)C(OCl)(C(=O)O)C(=O)c1ccccc1. The van der Waals surface area contributed by atoms with E-state index in [1.807, 2.05) is 0 Å². The molecule has 0 bridgehead atoms. The average Bonchev–Trinajstić information content (AvgIpc) is 2.40. The molecule has 0 heterocycles. The van der Waals surface area contributed by atoms with Gasteiger partial charge in [-0.25, -0.2) is 13.9 Å². The molecular formula is C11H9ClO7. The molecule has 0 spiro atoms. The van der Waals surface area contributed by atoms with Crippen LogP contribution in [-0.2, 0) is 13.9 Å². The van der Waals surface area contributed by atoms with E-state index in [2.05, 4.69) is 4.29 Å². The Hall–Kier alpha value is -1.96. The minimum absolute atomic E-state index is 0.161. The number of ketones is 1. The molecule has 7 nitrogen and oxygen atoms in total. The van der Waals surface area contributed by atoms with Crippen LogP contribution in [0.25, 0.3) is 0 Å². The topological polar surface area (TPSA) is 121 Å². The van der Waals surface area contributed by atoms with E-state index in [1.165, 1.54) is 24.3 Å². The fourth-order valence-electron chi connectivity index (χ4n) is 1.43. The molecule has 0 aliphatic rings. The predicted molar refractivity (Wildman–Crippen MR) is 61.7 cm³/mol. The van der Waals surface area contributed by atoms with Crippen LogP contribution >= 0.6 is 11.9 Å². The number of aliphatic carboxylic acids is 2. The van der Waals surface area contributed by atoms with E-state index in [0.29, 0.717) is 0 Å². The van der Waals surface area contributed by atoms with Crippen LogP contribution in [0.2, 0.25) is 0 Å². The number of carbonyl (C=O) groups excluding carboxylic acids is 1. The minimum atomic E-state index is -3.12.